The minimum absolute atomic E-state index is 0.111. The van der Waals surface area contributed by atoms with Gasteiger partial charge in [0.2, 0.25) is 0 Å². The maximum atomic E-state index is 6.06. The molecule has 3 N–H and O–H groups in total. The van der Waals surface area contributed by atoms with Gasteiger partial charge in [-0.05, 0) is 32.6 Å². The number of hydrogen-bond donors (Lipinski definition) is 2. The summed E-state index contributed by atoms with van der Waals surface area (Å²) in [5.41, 5.74) is 6.88. The summed E-state index contributed by atoms with van der Waals surface area (Å²) < 4.78 is 5.43. The molecule has 21 heavy (non-hydrogen) atoms. The highest BCUT2D eigenvalue weighted by Crippen LogP contribution is 2.27. The van der Waals surface area contributed by atoms with Crippen LogP contribution < -0.4 is 11.1 Å². The molecule has 0 amide bonds. The number of nitrogens with zero attached hydrogens (tertiary/aromatic N) is 2. The van der Waals surface area contributed by atoms with Crippen LogP contribution in [0.5, 0.6) is 0 Å². The van der Waals surface area contributed by atoms with Crippen LogP contribution in [-0.4, -0.2) is 29.2 Å². The fourth-order valence-corrected chi connectivity index (χ4v) is 2.56. The molecule has 1 fully saturated rings. The van der Waals surface area contributed by atoms with E-state index in [-0.39, 0.29) is 5.41 Å². The molecule has 1 atom stereocenters. The maximum absolute atomic E-state index is 6.06. The molecule has 5 nitrogen and oxygen atoms in total. The van der Waals surface area contributed by atoms with Crippen LogP contribution in [0.15, 0.2) is 0 Å². The van der Waals surface area contributed by atoms with Gasteiger partial charge in [-0.1, -0.05) is 20.8 Å². The standard InChI is InChI=1S/C16H28N4O/c1-10-13(17)19-15(16(3,4)5)20-14(10)18-11(2)12-6-8-21-9-7-12/h11-12H,6-9H2,1-5H3,(H3,17,18,19,20). The molecule has 0 radical (unpaired) electrons. The zero-order valence-corrected chi connectivity index (χ0v) is 13.9. The van der Waals surface area contributed by atoms with Crippen molar-refractivity contribution in [2.75, 3.05) is 24.3 Å². The second-order valence-electron chi connectivity index (χ2n) is 7.04. The molecule has 2 heterocycles. The topological polar surface area (TPSA) is 73.1 Å². The van der Waals surface area contributed by atoms with Crippen LogP contribution in [0.1, 0.15) is 51.9 Å². The van der Waals surface area contributed by atoms with E-state index < -0.39 is 0 Å². The lowest BCUT2D eigenvalue weighted by atomic mass is 9.92. The molecule has 1 aliphatic heterocycles. The largest absolute Gasteiger partial charge is 0.383 e. The number of anilines is 2. The van der Waals surface area contributed by atoms with Gasteiger partial charge in [0.15, 0.2) is 0 Å². The number of hydrogen-bond acceptors (Lipinski definition) is 5. The molecule has 0 bridgehead atoms. The number of nitrogens with two attached hydrogens (primary N) is 1. The van der Waals surface area contributed by atoms with E-state index in [1.807, 2.05) is 6.92 Å². The Labute approximate surface area is 127 Å². The summed E-state index contributed by atoms with van der Waals surface area (Å²) in [5, 5.41) is 3.55. The van der Waals surface area contributed by atoms with E-state index in [0.717, 1.165) is 43.3 Å². The van der Waals surface area contributed by atoms with Gasteiger partial charge < -0.3 is 15.8 Å². The normalized spacial score (nSPS) is 18.5. The molecule has 2 rings (SSSR count). The average molecular weight is 292 g/mol. The quantitative estimate of drug-likeness (QED) is 0.896. The van der Waals surface area contributed by atoms with Crippen molar-refractivity contribution in [3.05, 3.63) is 11.4 Å². The van der Waals surface area contributed by atoms with E-state index in [4.69, 9.17) is 15.5 Å². The molecular weight excluding hydrogens is 264 g/mol. The van der Waals surface area contributed by atoms with Crippen molar-refractivity contribution in [1.29, 1.82) is 0 Å². The van der Waals surface area contributed by atoms with E-state index in [2.05, 4.69) is 38.0 Å². The third kappa shape index (κ3) is 3.84. The fraction of sp³-hybridized carbons (Fsp3) is 0.750. The van der Waals surface area contributed by atoms with Crippen molar-refractivity contribution < 1.29 is 4.74 Å². The SMILES string of the molecule is Cc1c(N)nc(C(C)(C)C)nc1NC(C)C1CCOCC1. The van der Waals surface area contributed by atoms with Gasteiger partial charge in [0.05, 0.1) is 0 Å². The molecule has 0 spiro atoms. The van der Waals surface area contributed by atoms with E-state index in [1.54, 1.807) is 0 Å². The third-order valence-corrected chi connectivity index (χ3v) is 4.19. The second-order valence-corrected chi connectivity index (χ2v) is 7.04. The lowest BCUT2D eigenvalue weighted by Gasteiger charge is -2.29. The Morgan fingerprint density at radius 1 is 1.24 bits per heavy atom. The first-order valence-electron chi connectivity index (χ1n) is 7.78. The molecule has 5 heteroatoms. The summed E-state index contributed by atoms with van der Waals surface area (Å²) in [7, 11) is 0. The molecule has 1 saturated heterocycles. The lowest BCUT2D eigenvalue weighted by Crippen LogP contribution is -2.32. The first-order valence-corrected chi connectivity index (χ1v) is 7.78. The Balaban J connectivity index is 2.20. The van der Waals surface area contributed by atoms with Gasteiger partial charge >= 0.3 is 0 Å². The molecule has 1 aliphatic rings. The van der Waals surface area contributed by atoms with E-state index in [0.29, 0.717) is 17.8 Å². The van der Waals surface area contributed by atoms with Crippen molar-refractivity contribution in [1.82, 2.24) is 9.97 Å². The van der Waals surface area contributed by atoms with Crippen LogP contribution >= 0.6 is 0 Å². The van der Waals surface area contributed by atoms with Gasteiger partial charge in [0, 0.05) is 30.2 Å². The van der Waals surface area contributed by atoms with Crippen LogP contribution in [0.3, 0.4) is 0 Å². The van der Waals surface area contributed by atoms with Gasteiger partial charge in [0.1, 0.15) is 17.5 Å². The zero-order valence-electron chi connectivity index (χ0n) is 13.9. The number of ether oxygens (including phenoxy) is 1. The molecular formula is C16H28N4O. The van der Waals surface area contributed by atoms with Crippen molar-refractivity contribution >= 4 is 11.6 Å². The summed E-state index contributed by atoms with van der Waals surface area (Å²) in [5.74, 6) is 2.84. The van der Waals surface area contributed by atoms with Crippen LogP contribution in [-0.2, 0) is 10.2 Å². The highest BCUT2D eigenvalue weighted by Gasteiger charge is 2.24. The summed E-state index contributed by atoms with van der Waals surface area (Å²) in [4.78, 5) is 9.14. The van der Waals surface area contributed by atoms with Crippen molar-refractivity contribution in [2.24, 2.45) is 5.92 Å². The Bertz CT molecular complexity index is 490. The third-order valence-electron chi connectivity index (χ3n) is 4.19. The minimum atomic E-state index is -0.111. The summed E-state index contributed by atoms with van der Waals surface area (Å²) in [6, 6.07) is 0.356. The van der Waals surface area contributed by atoms with E-state index >= 15 is 0 Å². The molecule has 0 aliphatic carbocycles. The molecule has 1 unspecified atom stereocenters. The predicted octanol–water partition coefficient (Wildman–Crippen LogP) is 2.89. The monoisotopic (exact) mass is 292 g/mol. The first kappa shape index (κ1) is 16.0. The van der Waals surface area contributed by atoms with E-state index in [1.165, 1.54) is 0 Å². The van der Waals surface area contributed by atoms with Crippen LogP contribution in [0.4, 0.5) is 11.6 Å². The first-order chi connectivity index (χ1) is 9.79. The molecule has 118 valence electrons. The van der Waals surface area contributed by atoms with Gasteiger partial charge in [-0.2, -0.15) is 0 Å². The summed E-state index contributed by atoms with van der Waals surface area (Å²) in [6.07, 6.45) is 2.19. The number of nitrogen functional groups attached to an aromatic ring is 1. The predicted molar refractivity (Wildman–Crippen MR) is 86.5 cm³/mol. The van der Waals surface area contributed by atoms with Crippen LogP contribution in [0, 0.1) is 12.8 Å². The zero-order chi connectivity index (χ0) is 15.6. The Morgan fingerprint density at radius 2 is 1.86 bits per heavy atom. The Kier molecular flexibility index (Phi) is 4.71. The lowest BCUT2D eigenvalue weighted by molar-refractivity contribution is 0.0622. The summed E-state index contributed by atoms with van der Waals surface area (Å²) >= 11 is 0. The number of rotatable bonds is 3. The second kappa shape index (κ2) is 6.18. The molecule has 1 aromatic heterocycles. The van der Waals surface area contributed by atoms with Gasteiger partial charge in [0.25, 0.3) is 0 Å². The number of nitrogens with one attached hydrogen (secondary N) is 1. The van der Waals surface area contributed by atoms with Crippen LogP contribution in [0.2, 0.25) is 0 Å². The molecule has 1 aromatic rings. The van der Waals surface area contributed by atoms with Gasteiger partial charge in [-0.25, -0.2) is 9.97 Å². The number of aromatic nitrogens is 2. The van der Waals surface area contributed by atoms with E-state index in [9.17, 15) is 0 Å². The average Bonchev–Trinajstić information content (AvgIpc) is 2.43. The molecule has 0 aromatic carbocycles. The molecule has 0 saturated carbocycles. The highest BCUT2D eigenvalue weighted by atomic mass is 16.5. The smallest absolute Gasteiger partial charge is 0.138 e. The van der Waals surface area contributed by atoms with Crippen molar-refractivity contribution in [2.45, 2.75) is 58.9 Å². The minimum Gasteiger partial charge on any atom is -0.383 e. The van der Waals surface area contributed by atoms with Crippen LogP contribution in [0.25, 0.3) is 0 Å². The van der Waals surface area contributed by atoms with Crippen molar-refractivity contribution in [3.63, 3.8) is 0 Å². The highest BCUT2D eigenvalue weighted by molar-refractivity contribution is 5.55. The maximum Gasteiger partial charge on any atom is 0.138 e. The fourth-order valence-electron chi connectivity index (χ4n) is 2.56. The summed E-state index contributed by atoms with van der Waals surface area (Å²) in [6.45, 7) is 12.2. The Hall–Kier alpha value is -1.36. The van der Waals surface area contributed by atoms with Gasteiger partial charge in [-0.15, -0.1) is 0 Å². The Morgan fingerprint density at radius 3 is 2.43 bits per heavy atom. The van der Waals surface area contributed by atoms with Gasteiger partial charge in [-0.3, -0.25) is 0 Å². The van der Waals surface area contributed by atoms with Crippen molar-refractivity contribution in [3.8, 4) is 0 Å².